The molecule has 2 aromatic carbocycles. The van der Waals surface area contributed by atoms with Gasteiger partial charge in [-0.15, -0.1) is 0 Å². The van der Waals surface area contributed by atoms with Gasteiger partial charge in [-0.05, 0) is 41.7 Å². The molecule has 0 bridgehead atoms. The average Bonchev–Trinajstić information content (AvgIpc) is 2.91. The summed E-state index contributed by atoms with van der Waals surface area (Å²) >= 11 is 0. The Morgan fingerprint density at radius 2 is 1.75 bits per heavy atom. The van der Waals surface area contributed by atoms with Gasteiger partial charge in [-0.1, -0.05) is 38.1 Å². The Morgan fingerprint density at radius 1 is 1.04 bits per heavy atom. The Kier molecular flexibility index (Phi) is 4.63. The standard InChI is InChI=1S/C22H23N3O3/c1-14(2)12-25-20(26)18-8-7-17(11-19(18)21(25)27)23-22(28)24-10-9-15-5-3-4-6-16(15)13-24/h3-8,11,14H,9-10,12-13H2,1-2H3,(H,23,28). The fourth-order valence-electron chi connectivity index (χ4n) is 3.77. The highest BCUT2D eigenvalue weighted by molar-refractivity contribution is 6.21. The molecule has 2 aromatic rings. The zero-order valence-electron chi connectivity index (χ0n) is 16.1. The molecule has 2 heterocycles. The van der Waals surface area contributed by atoms with Crippen molar-refractivity contribution in [3.05, 3.63) is 64.7 Å². The van der Waals surface area contributed by atoms with E-state index < -0.39 is 0 Å². The molecule has 28 heavy (non-hydrogen) atoms. The lowest BCUT2D eigenvalue weighted by molar-refractivity contribution is 0.0636. The second-order valence-corrected chi connectivity index (χ2v) is 7.75. The third-order valence-corrected chi connectivity index (χ3v) is 5.19. The molecule has 6 heteroatoms. The van der Waals surface area contributed by atoms with Crippen molar-refractivity contribution in [1.29, 1.82) is 0 Å². The number of carbonyl (C=O) groups is 3. The molecular formula is C22H23N3O3. The molecule has 0 radical (unpaired) electrons. The van der Waals surface area contributed by atoms with Crippen molar-refractivity contribution >= 4 is 23.5 Å². The first kappa shape index (κ1) is 18.2. The number of benzene rings is 2. The Balaban J connectivity index is 1.49. The van der Waals surface area contributed by atoms with Crippen molar-refractivity contribution in [2.45, 2.75) is 26.8 Å². The number of nitrogens with zero attached hydrogens (tertiary/aromatic N) is 2. The number of urea groups is 1. The molecule has 6 nitrogen and oxygen atoms in total. The normalized spacial score (nSPS) is 15.7. The zero-order chi connectivity index (χ0) is 19.8. The number of rotatable bonds is 3. The number of hydrogen-bond donors (Lipinski definition) is 1. The first-order chi connectivity index (χ1) is 13.4. The molecule has 0 unspecified atom stereocenters. The van der Waals surface area contributed by atoms with E-state index in [0.717, 1.165) is 12.0 Å². The second-order valence-electron chi connectivity index (χ2n) is 7.75. The van der Waals surface area contributed by atoms with E-state index in [1.165, 1.54) is 10.5 Å². The van der Waals surface area contributed by atoms with E-state index in [9.17, 15) is 14.4 Å². The highest BCUT2D eigenvalue weighted by Gasteiger charge is 2.36. The summed E-state index contributed by atoms with van der Waals surface area (Å²) in [6.45, 7) is 5.53. The van der Waals surface area contributed by atoms with E-state index >= 15 is 0 Å². The molecule has 0 aromatic heterocycles. The van der Waals surface area contributed by atoms with E-state index in [4.69, 9.17) is 0 Å². The van der Waals surface area contributed by atoms with E-state index in [-0.39, 0.29) is 23.8 Å². The third kappa shape index (κ3) is 3.26. The van der Waals surface area contributed by atoms with Gasteiger partial charge in [-0.2, -0.15) is 0 Å². The summed E-state index contributed by atoms with van der Waals surface area (Å²) in [6.07, 6.45) is 0.824. The van der Waals surface area contributed by atoms with Gasteiger partial charge in [0.1, 0.15) is 0 Å². The predicted octanol–water partition coefficient (Wildman–Crippen LogP) is 3.53. The van der Waals surface area contributed by atoms with Crippen LogP contribution in [0.5, 0.6) is 0 Å². The minimum atomic E-state index is -0.295. The molecule has 1 N–H and O–H groups in total. The van der Waals surface area contributed by atoms with Crippen LogP contribution in [0.1, 0.15) is 45.7 Å². The van der Waals surface area contributed by atoms with E-state index in [0.29, 0.717) is 36.4 Å². The van der Waals surface area contributed by atoms with Gasteiger partial charge in [0.05, 0.1) is 11.1 Å². The minimum absolute atomic E-state index is 0.198. The lowest BCUT2D eigenvalue weighted by Gasteiger charge is -2.29. The van der Waals surface area contributed by atoms with Gasteiger partial charge in [0.15, 0.2) is 0 Å². The third-order valence-electron chi connectivity index (χ3n) is 5.19. The van der Waals surface area contributed by atoms with Gasteiger partial charge in [0.25, 0.3) is 11.8 Å². The predicted molar refractivity (Wildman–Crippen MR) is 106 cm³/mol. The average molecular weight is 377 g/mol. The van der Waals surface area contributed by atoms with Crippen molar-refractivity contribution < 1.29 is 14.4 Å². The summed E-state index contributed by atoms with van der Waals surface area (Å²) in [5.41, 5.74) is 3.71. The van der Waals surface area contributed by atoms with Crippen LogP contribution in [-0.4, -0.2) is 40.7 Å². The monoisotopic (exact) mass is 377 g/mol. The van der Waals surface area contributed by atoms with E-state index in [1.54, 1.807) is 23.1 Å². The summed E-state index contributed by atoms with van der Waals surface area (Å²) in [5.74, 6) is -0.362. The number of fused-ring (bicyclic) bond motifs is 2. The molecule has 0 spiro atoms. The van der Waals surface area contributed by atoms with Crippen molar-refractivity contribution in [1.82, 2.24) is 9.80 Å². The molecule has 4 amide bonds. The molecule has 0 atom stereocenters. The summed E-state index contributed by atoms with van der Waals surface area (Å²) in [7, 11) is 0. The Bertz CT molecular complexity index is 967. The summed E-state index contributed by atoms with van der Waals surface area (Å²) in [4.78, 5) is 40.8. The summed E-state index contributed by atoms with van der Waals surface area (Å²) in [5, 5.41) is 2.87. The van der Waals surface area contributed by atoms with Crippen LogP contribution in [0, 0.1) is 5.92 Å². The lowest BCUT2D eigenvalue weighted by Crippen LogP contribution is -2.38. The summed E-state index contributed by atoms with van der Waals surface area (Å²) < 4.78 is 0. The fourth-order valence-corrected chi connectivity index (χ4v) is 3.77. The molecule has 0 saturated heterocycles. The topological polar surface area (TPSA) is 69.7 Å². The van der Waals surface area contributed by atoms with Crippen molar-refractivity contribution in [2.24, 2.45) is 5.92 Å². The van der Waals surface area contributed by atoms with Gasteiger partial charge < -0.3 is 10.2 Å². The van der Waals surface area contributed by atoms with Crippen LogP contribution in [-0.2, 0) is 13.0 Å². The van der Waals surface area contributed by atoms with Crippen LogP contribution in [0.4, 0.5) is 10.5 Å². The maximum absolute atomic E-state index is 12.7. The van der Waals surface area contributed by atoms with Gasteiger partial charge in [-0.25, -0.2) is 4.79 Å². The van der Waals surface area contributed by atoms with E-state index in [1.807, 2.05) is 32.0 Å². The molecular weight excluding hydrogens is 354 g/mol. The van der Waals surface area contributed by atoms with Gasteiger partial charge in [0, 0.05) is 25.3 Å². The molecule has 2 aliphatic rings. The van der Waals surface area contributed by atoms with Gasteiger partial charge in [0.2, 0.25) is 0 Å². The van der Waals surface area contributed by atoms with Crippen LogP contribution in [0.15, 0.2) is 42.5 Å². The number of hydrogen-bond acceptors (Lipinski definition) is 3. The maximum Gasteiger partial charge on any atom is 0.322 e. The largest absolute Gasteiger partial charge is 0.322 e. The maximum atomic E-state index is 12.7. The Labute approximate surface area is 164 Å². The minimum Gasteiger partial charge on any atom is -0.320 e. The quantitative estimate of drug-likeness (QED) is 0.832. The highest BCUT2D eigenvalue weighted by Crippen LogP contribution is 2.27. The molecule has 2 aliphatic heterocycles. The number of carbonyl (C=O) groups excluding carboxylic acids is 3. The second kappa shape index (κ2) is 7.11. The molecule has 0 aliphatic carbocycles. The van der Waals surface area contributed by atoms with Crippen LogP contribution in [0.25, 0.3) is 0 Å². The lowest BCUT2D eigenvalue weighted by atomic mass is 10.0. The Morgan fingerprint density at radius 3 is 2.50 bits per heavy atom. The number of anilines is 1. The van der Waals surface area contributed by atoms with Crippen LogP contribution < -0.4 is 5.32 Å². The number of imide groups is 1. The molecule has 0 fully saturated rings. The molecule has 144 valence electrons. The van der Waals surface area contributed by atoms with Crippen molar-refractivity contribution in [3.63, 3.8) is 0 Å². The van der Waals surface area contributed by atoms with Crippen LogP contribution in [0.3, 0.4) is 0 Å². The van der Waals surface area contributed by atoms with Crippen LogP contribution >= 0.6 is 0 Å². The molecule has 4 rings (SSSR count). The summed E-state index contributed by atoms with van der Waals surface area (Å²) in [6, 6.07) is 12.8. The number of nitrogens with one attached hydrogen (secondary N) is 1. The number of amides is 4. The fraction of sp³-hybridized carbons (Fsp3) is 0.318. The smallest absolute Gasteiger partial charge is 0.320 e. The zero-order valence-corrected chi connectivity index (χ0v) is 16.1. The Hall–Kier alpha value is -3.15. The van der Waals surface area contributed by atoms with Crippen molar-refractivity contribution in [2.75, 3.05) is 18.4 Å². The first-order valence-corrected chi connectivity index (χ1v) is 9.57. The SMILES string of the molecule is CC(C)CN1C(=O)c2ccc(NC(=O)N3CCc4ccccc4C3)cc2C1=O. The van der Waals surface area contributed by atoms with Gasteiger partial charge in [-0.3, -0.25) is 14.5 Å². The van der Waals surface area contributed by atoms with Crippen LogP contribution in [0.2, 0.25) is 0 Å². The molecule has 0 saturated carbocycles. The van der Waals surface area contributed by atoms with Crippen molar-refractivity contribution in [3.8, 4) is 0 Å². The first-order valence-electron chi connectivity index (χ1n) is 9.57. The highest BCUT2D eigenvalue weighted by atomic mass is 16.2. The van der Waals surface area contributed by atoms with Gasteiger partial charge >= 0.3 is 6.03 Å². The van der Waals surface area contributed by atoms with E-state index in [2.05, 4.69) is 11.4 Å².